The van der Waals surface area contributed by atoms with Crippen molar-refractivity contribution >= 4 is 11.8 Å². The minimum atomic E-state index is -0.574. The highest BCUT2D eigenvalue weighted by atomic mass is 19.1. The molecule has 7 heteroatoms. The fourth-order valence-electron chi connectivity index (χ4n) is 1.50. The van der Waals surface area contributed by atoms with E-state index in [0.29, 0.717) is 12.1 Å². The lowest BCUT2D eigenvalue weighted by atomic mass is 10.1. The predicted molar refractivity (Wildman–Crippen MR) is 68.3 cm³/mol. The van der Waals surface area contributed by atoms with Crippen molar-refractivity contribution in [2.75, 3.05) is 10.7 Å². The maximum absolute atomic E-state index is 13.4. The van der Waals surface area contributed by atoms with E-state index < -0.39 is 5.82 Å². The number of nitrogens with zero attached hydrogens (tertiary/aromatic N) is 3. The zero-order valence-electron chi connectivity index (χ0n) is 9.89. The maximum Gasteiger partial charge on any atom is 0.239 e. The van der Waals surface area contributed by atoms with E-state index in [-0.39, 0.29) is 11.8 Å². The molecule has 1 heterocycles. The summed E-state index contributed by atoms with van der Waals surface area (Å²) in [5, 5.41) is 11.6. The fraction of sp³-hybridized carbons (Fsp3) is 0.0833. The maximum atomic E-state index is 13.4. The summed E-state index contributed by atoms with van der Waals surface area (Å²) >= 11 is 0. The first-order valence-electron chi connectivity index (χ1n) is 5.45. The molecular weight excluding hydrogens is 247 g/mol. The Morgan fingerprint density at radius 2 is 2.26 bits per heavy atom. The average molecular weight is 258 g/mol. The molecule has 0 fully saturated rings. The Balaban J connectivity index is 2.12. The van der Waals surface area contributed by atoms with Gasteiger partial charge in [-0.3, -0.25) is 5.43 Å². The van der Waals surface area contributed by atoms with Gasteiger partial charge in [-0.25, -0.2) is 15.2 Å². The van der Waals surface area contributed by atoms with Crippen molar-refractivity contribution < 1.29 is 4.39 Å². The molecule has 0 aliphatic rings. The van der Waals surface area contributed by atoms with E-state index in [1.165, 1.54) is 0 Å². The normalized spacial score (nSPS) is 9.74. The second kappa shape index (κ2) is 5.75. The van der Waals surface area contributed by atoms with Crippen molar-refractivity contribution in [3.05, 3.63) is 47.4 Å². The van der Waals surface area contributed by atoms with E-state index in [1.54, 1.807) is 18.2 Å². The Hall–Kier alpha value is -2.72. The summed E-state index contributed by atoms with van der Waals surface area (Å²) in [5.74, 6) is 4.75. The third-order valence-corrected chi connectivity index (χ3v) is 2.39. The largest absolute Gasteiger partial charge is 0.363 e. The number of rotatable bonds is 4. The van der Waals surface area contributed by atoms with Crippen molar-refractivity contribution in [1.82, 2.24) is 9.97 Å². The zero-order valence-corrected chi connectivity index (χ0v) is 9.89. The summed E-state index contributed by atoms with van der Waals surface area (Å²) in [6, 6.07) is 9.05. The number of nitrogen functional groups attached to an aromatic ring is 1. The van der Waals surface area contributed by atoms with Gasteiger partial charge >= 0.3 is 0 Å². The zero-order chi connectivity index (χ0) is 13.7. The van der Waals surface area contributed by atoms with E-state index in [1.807, 2.05) is 12.1 Å². The lowest BCUT2D eigenvalue weighted by molar-refractivity contribution is 0.617. The molecule has 0 saturated carbocycles. The number of hydrazine groups is 1. The van der Waals surface area contributed by atoms with Gasteiger partial charge < -0.3 is 5.32 Å². The first kappa shape index (κ1) is 12.7. The van der Waals surface area contributed by atoms with E-state index >= 15 is 0 Å². The monoisotopic (exact) mass is 258 g/mol. The van der Waals surface area contributed by atoms with E-state index in [2.05, 4.69) is 20.7 Å². The van der Waals surface area contributed by atoms with Crippen LogP contribution in [-0.2, 0) is 6.54 Å². The Morgan fingerprint density at radius 1 is 1.42 bits per heavy atom. The molecule has 0 bridgehead atoms. The molecule has 1 aromatic heterocycles. The van der Waals surface area contributed by atoms with E-state index in [9.17, 15) is 4.39 Å². The molecule has 0 amide bonds. The second-order valence-electron chi connectivity index (χ2n) is 3.70. The molecule has 6 nitrogen and oxygen atoms in total. The Morgan fingerprint density at radius 3 is 3.00 bits per heavy atom. The molecule has 19 heavy (non-hydrogen) atoms. The highest BCUT2D eigenvalue weighted by molar-refractivity contribution is 5.42. The number of nitrogens with two attached hydrogens (primary N) is 1. The number of nitriles is 1. The molecule has 2 rings (SSSR count). The predicted octanol–water partition coefficient (Wildman–Crippen LogP) is 1.39. The van der Waals surface area contributed by atoms with Gasteiger partial charge in [0.25, 0.3) is 0 Å². The van der Waals surface area contributed by atoms with Gasteiger partial charge in [0.05, 0.1) is 17.8 Å². The van der Waals surface area contributed by atoms with Gasteiger partial charge in [0, 0.05) is 6.54 Å². The van der Waals surface area contributed by atoms with Crippen molar-refractivity contribution in [2.45, 2.75) is 6.54 Å². The SMILES string of the molecule is N#Cc1cccc(CNc2nc(NN)ncc2F)c1. The first-order chi connectivity index (χ1) is 9.22. The number of benzene rings is 1. The molecule has 0 atom stereocenters. The molecule has 1 aromatic carbocycles. The summed E-state index contributed by atoms with van der Waals surface area (Å²) in [4.78, 5) is 7.48. The van der Waals surface area contributed by atoms with E-state index in [4.69, 9.17) is 11.1 Å². The standard InChI is InChI=1S/C12H11FN6/c13-10-7-17-12(19-15)18-11(10)16-6-9-3-1-2-8(4-9)5-14/h1-4,7H,6,15H2,(H2,16,17,18,19). The third-order valence-electron chi connectivity index (χ3n) is 2.39. The number of hydrogen-bond donors (Lipinski definition) is 3. The summed E-state index contributed by atoms with van der Waals surface area (Å²) in [5.41, 5.74) is 3.63. The number of anilines is 2. The van der Waals surface area contributed by atoms with Crippen LogP contribution >= 0.6 is 0 Å². The Kier molecular flexibility index (Phi) is 3.85. The first-order valence-corrected chi connectivity index (χ1v) is 5.45. The number of nitrogens with one attached hydrogen (secondary N) is 2. The van der Waals surface area contributed by atoms with Crippen LogP contribution in [0.2, 0.25) is 0 Å². The molecule has 0 spiro atoms. The van der Waals surface area contributed by atoms with Crippen LogP contribution in [0.25, 0.3) is 0 Å². The van der Waals surface area contributed by atoms with Crippen LogP contribution in [0.4, 0.5) is 16.2 Å². The van der Waals surface area contributed by atoms with Gasteiger partial charge in [-0.05, 0) is 17.7 Å². The van der Waals surface area contributed by atoms with Crippen LogP contribution in [0, 0.1) is 17.1 Å². The van der Waals surface area contributed by atoms with Gasteiger partial charge in [0.15, 0.2) is 11.6 Å². The average Bonchev–Trinajstić information content (AvgIpc) is 2.46. The number of aromatic nitrogens is 2. The molecule has 0 saturated heterocycles. The molecule has 0 aliphatic heterocycles. The lowest BCUT2D eigenvalue weighted by Crippen LogP contribution is -2.13. The highest BCUT2D eigenvalue weighted by Gasteiger charge is 2.06. The van der Waals surface area contributed by atoms with Gasteiger partial charge in [-0.1, -0.05) is 12.1 Å². The van der Waals surface area contributed by atoms with Crippen molar-refractivity contribution in [3.8, 4) is 6.07 Å². The number of hydrogen-bond acceptors (Lipinski definition) is 6. The molecule has 0 aliphatic carbocycles. The van der Waals surface area contributed by atoms with Crippen molar-refractivity contribution in [3.63, 3.8) is 0 Å². The minimum Gasteiger partial charge on any atom is -0.363 e. The van der Waals surface area contributed by atoms with Crippen molar-refractivity contribution in [2.24, 2.45) is 5.84 Å². The summed E-state index contributed by atoms with van der Waals surface area (Å²) in [7, 11) is 0. The van der Waals surface area contributed by atoms with Gasteiger partial charge in [-0.15, -0.1) is 0 Å². The van der Waals surface area contributed by atoms with Crippen LogP contribution in [0.1, 0.15) is 11.1 Å². The third kappa shape index (κ3) is 3.14. The fourth-order valence-corrected chi connectivity index (χ4v) is 1.50. The Bertz CT molecular complexity index is 622. The number of halogens is 1. The second-order valence-corrected chi connectivity index (χ2v) is 3.70. The lowest BCUT2D eigenvalue weighted by Gasteiger charge is -2.08. The van der Waals surface area contributed by atoms with Crippen molar-refractivity contribution in [1.29, 1.82) is 5.26 Å². The molecular formula is C12H11FN6. The summed E-state index contributed by atoms with van der Waals surface area (Å²) < 4.78 is 13.4. The quantitative estimate of drug-likeness (QED) is 0.566. The van der Waals surface area contributed by atoms with Crippen LogP contribution in [0.5, 0.6) is 0 Å². The molecule has 0 radical (unpaired) electrons. The molecule has 4 N–H and O–H groups in total. The highest BCUT2D eigenvalue weighted by Crippen LogP contribution is 2.13. The van der Waals surface area contributed by atoms with Crippen LogP contribution < -0.4 is 16.6 Å². The topological polar surface area (TPSA) is 99.7 Å². The summed E-state index contributed by atoms with van der Waals surface area (Å²) in [6.45, 7) is 0.341. The van der Waals surface area contributed by atoms with Crippen LogP contribution in [0.3, 0.4) is 0 Å². The van der Waals surface area contributed by atoms with Crippen LogP contribution in [-0.4, -0.2) is 9.97 Å². The minimum absolute atomic E-state index is 0.0466. The van der Waals surface area contributed by atoms with E-state index in [0.717, 1.165) is 11.8 Å². The Labute approximate surface area is 109 Å². The van der Waals surface area contributed by atoms with Gasteiger partial charge in [0.1, 0.15) is 0 Å². The van der Waals surface area contributed by atoms with Gasteiger partial charge in [0.2, 0.25) is 5.95 Å². The smallest absolute Gasteiger partial charge is 0.239 e. The molecule has 96 valence electrons. The van der Waals surface area contributed by atoms with Gasteiger partial charge in [-0.2, -0.15) is 10.2 Å². The van der Waals surface area contributed by atoms with Crippen LogP contribution in [0.15, 0.2) is 30.5 Å². The molecule has 2 aromatic rings. The summed E-state index contributed by atoms with van der Waals surface area (Å²) in [6.07, 6.45) is 1.02. The molecule has 0 unspecified atom stereocenters.